The number of carbonyl (C=O) groups excluding carboxylic acids is 1. The van der Waals surface area contributed by atoms with Gasteiger partial charge in [-0.2, -0.15) is 0 Å². The summed E-state index contributed by atoms with van der Waals surface area (Å²) >= 11 is 1.57. The molecule has 96 valence electrons. The van der Waals surface area contributed by atoms with Crippen LogP contribution in [-0.2, 0) is 4.79 Å². The van der Waals surface area contributed by atoms with Gasteiger partial charge >= 0.3 is 0 Å². The van der Waals surface area contributed by atoms with Crippen LogP contribution in [0.1, 0.15) is 43.9 Å². The Kier molecular flexibility index (Phi) is 4.65. The maximum atomic E-state index is 12.1. The standard InChI is InChI=1S/C12H21N3OS/c1-5-12(4,7-13)11(16)15-9(3)10-14-8(2)6-17-10/h6,9H,5,7,13H2,1-4H3,(H,15,16). The summed E-state index contributed by atoms with van der Waals surface area (Å²) in [5.74, 6) is 0.00264. The zero-order valence-corrected chi connectivity index (χ0v) is 11.7. The molecule has 2 atom stereocenters. The number of carbonyl (C=O) groups is 1. The molecule has 0 aliphatic rings. The first-order valence-corrected chi connectivity index (χ1v) is 6.74. The lowest BCUT2D eigenvalue weighted by Gasteiger charge is -2.26. The predicted octanol–water partition coefficient (Wildman–Crippen LogP) is 2.00. The zero-order valence-electron chi connectivity index (χ0n) is 10.9. The minimum Gasteiger partial charge on any atom is -0.347 e. The van der Waals surface area contributed by atoms with Crippen molar-refractivity contribution in [1.82, 2.24) is 10.3 Å². The third-order valence-corrected chi connectivity index (χ3v) is 4.28. The predicted molar refractivity (Wildman–Crippen MR) is 70.9 cm³/mol. The van der Waals surface area contributed by atoms with Gasteiger partial charge in [-0.3, -0.25) is 4.79 Å². The summed E-state index contributed by atoms with van der Waals surface area (Å²) in [6, 6.07) is -0.0568. The van der Waals surface area contributed by atoms with Crippen LogP contribution in [0.2, 0.25) is 0 Å². The molecule has 1 aromatic heterocycles. The second-order valence-corrected chi connectivity index (χ2v) is 5.53. The average molecular weight is 255 g/mol. The zero-order chi connectivity index (χ0) is 13.1. The molecule has 3 N–H and O–H groups in total. The molecule has 1 heterocycles. The third kappa shape index (κ3) is 3.26. The summed E-state index contributed by atoms with van der Waals surface area (Å²) in [6.07, 6.45) is 0.735. The smallest absolute Gasteiger partial charge is 0.227 e. The molecular weight excluding hydrogens is 234 g/mol. The Hall–Kier alpha value is -0.940. The van der Waals surface area contributed by atoms with Crippen molar-refractivity contribution in [3.05, 3.63) is 16.1 Å². The molecule has 0 aliphatic heterocycles. The average Bonchev–Trinajstić information content (AvgIpc) is 2.74. The van der Waals surface area contributed by atoms with Crippen LogP contribution in [0.15, 0.2) is 5.38 Å². The SMILES string of the molecule is CCC(C)(CN)C(=O)NC(C)c1nc(C)cs1. The number of rotatable bonds is 5. The maximum Gasteiger partial charge on any atom is 0.227 e. The van der Waals surface area contributed by atoms with Crippen molar-refractivity contribution in [1.29, 1.82) is 0 Å². The van der Waals surface area contributed by atoms with Crippen molar-refractivity contribution >= 4 is 17.2 Å². The molecule has 0 saturated carbocycles. The number of hydrogen-bond donors (Lipinski definition) is 2. The van der Waals surface area contributed by atoms with Crippen LogP contribution >= 0.6 is 11.3 Å². The molecule has 0 aromatic carbocycles. The Bertz CT molecular complexity index is 385. The number of aryl methyl sites for hydroxylation is 1. The first kappa shape index (κ1) is 14.1. The first-order chi connectivity index (χ1) is 7.92. The normalized spacial score (nSPS) is 16.3. The van der Waals surface area contributed by atoms with Gasteiger partial charge in [-0.25, -0.2) is 4.98 Å². The molecule has 2 unspecified atom stereocenters. The Morgan fingerprint density at radius 1 is 1.71 bits per heavy atom. The lowest BCUT2D eigenvalue weighted by atomic mass is 9.86. The van der Waals surface area contributed by atoms with Gasteiger partial charge in [-0.1, -0.05) is 6.92 Å². The second kappa shape index (κ2) is 5.60. The Morgan fingerprint density at radius 3 is 2.76 bits per heavy atom. The number of aromatic nitrogens is 1. The van der Waals surface area contributed by atoms with E-state index in [0.29, 0.717) is 6.54 Å². The fraction of sp³-hybridized carbons (Fsp3) is 0.667. The van der Waals surface area contributed by atoms with E-state index in [1.165, 1.54) is 0 Å². The van der Waals surface area contributed by atoms with Crippen molar-refractivity contribution in [2.75, 3.05) is 6.54 Å². The van der Waals surface area contributed by atoms with Gasteiger partial charge in [0.25, 0.3) is 0 Å². The molecule has 4 nitrogen and oxygen atoms in total. The molecule has 1 rings (SSSR count). The van der Waals surface area contributed by atoms with Gasteiger partial charge in [-0.15, -0.1) is 11.3 Å². The number of thiazole rings is 1. The van der Waals surface area contributed by atoms with Crippen molar-refractivity contribution in [3.8, 4) is 0 Å². The molecule has 0 fully saturated rings. The van der Waals surface area contributed by atoms with Crippen LogP contribution in [0.5, 0.6) is 0 Å². The highest BCUT2D eigenvalue weighted by Crippen LogP contribution is 2.23. The highest BCUT2D eigenvalue weighted by molar-refractivity contribution is 7.09. The fourth-order valence-electron chi connectivity index (χ4n) is 1.40. The van der Waals surface area contributed by atoms with E-state index < -0.39 is 5.41 Å². The summed E-state index contributed by atoms with van der Waals surface area (Å²) in [7, 11) is 0. The van der Waals surface area contributed by atoms with E-state index in [1.807, 2.05) is 33.1 Å². The van der Waals surface area contributed by atoms with Crippen LogP contribution in [0.3, 0.4) is 0 Å². The quantitative estimate of drug-likeness (QED) is 0.845. The van der Waals surface area contributed by atoms with Crippen molar-refractivity contribution in [2.24, 2.45) is 11.1 Å². The van der Waals surface area contributed by atoms with E-state index in [1.54, 1.807) is 11.3 Å². The van der Waals surface area contributed by atoms with Gasteiger partial charge in [-0.05, 0) is 27.2 Å². The van der Waals surface area contributed by atoms with Gasteiger partial charge < -0.3 is 11.1 Å². The lowest BCUT2D eigenvalue weighted by Crippen LogP contribution is -2.44. The Labute approximate surface area is 107 Å². The number of hydrogen-bond acceptors (Lipinski definition) is 4. The van der Waals surface area contributed by atoms with Crippen LogP contribution in [0.4, 0.5) is 0 Å². The molecule has 5 heteroatoms. The van der Waals surface area contributed by atoms with E-state index in [2.05, 4.69) is 10.3 Å². The van der Waals surface area contributed by atoms with E-state index in [4.69, 9.17) is 5.73 Å². The summed E-state index contributed by atoms with van der Waals surface area (Å²) in [4.78, 5) is 16.5. The lowest BCUT2D eigenvalue weighted by molar-refractivity contribution is -0.130. The van der Waals surface area contributed by atoms with Crippen LogP contribution < -0.4 is 11.1 Å². The fourth-order valence-corrected chi connectivity index (χ4v) is 2.21. The Balaban J connectivity index is 2.69. The minimum atomic E-state index is -0.486. The third-order valence-electron chi connectivity index (χ3n) is 3.13. The summed E-state index contributed by atoms with van der Waals surface area (Å²) in [5, 5.41) is 5.90. The topological polar surface area (TPSA) is 68.0 Å². The van der Waals surface area contributed by atoms with Gasteiger partial charge in [0.1, 0.15) is 5.01 Å². The van der Waals surface area contributed by atoms with E-state index in [0.717, 1.165) is 17.1 Å². The summed E-state index contributed by atoms with van der Waals surface area (Å²) in [6.45, 7) is 8.12. The molecule has 1 amide bonds. The molecule has 0 radical (unpaired) electrons. The van der Waals surface area contributed by atoms with Crippen molar-refractivity contribution < 1.29 is 4.79 Å². The molecule has 0 bridgehead atoms. The van der Waals surface area contributed by atoms with Gasteiger partial charge in [0, 0.05) is 17.6 Å². The van der Waals surface area contributed by atoms with Gasteiger partial charge in [0.05, 0.1) is 11.5 Å². The van der Waals surface area contributed by atoms with E-state index in [-0.39, 0.29) is 11.9 Å². The maximum absolute atomic E-state index is 12.1. The highest BCUT2D eigenvalue weighted by atomic mass is 32.1. The number of nitrogens with zero attached hydrogens (tertiary/aromatic N) is 1. The van der Waals surface area contributed by atoms with Crippen molar-refractivity contribution in [2.45, 2.75) is 40.2 Å². The highest BCUT2D eigenvalue weighted by Gasteiger charge is 2.30. The molecule has 17 heavy (non-hydrogen) atoms. The second-order valence-electron chi connectivity index (χ2n) is 4.64. The summed E-state index contributed by atoms with van der Waals surface area (Å²) in [5.41, 5.74) is 6.17. The van der Waals surface area contributed by atoms with Crippen LogP contribution in [0, 0.1) is 12.3 Å². The minimum absolute atomic E-state index is 0.00264. The molecule has 0 saturated heterocycles. The molecule has 0 spiro atoms. The van der Waals surface area contributed by atoms with Gasteiger partial charge in [0.2, 0.25) is 5.91 Å². The molecule has 1 aromatic rings. The van der Waals surface area contributed by atoms with Gasteiger partial charge in [0.15, 0.2) is 0 Å². The number of nitrogens with two attached hydrogens (primary N) is 1. The summed E-state index contributed by atoms with van der Waals surface area (Å²) < 4.78 is 0. The Morgan fingerprint density at radius 2 is 2.35 bits per heavy atom. The monoisotopic (exact) mass is 255 g/mol. The van der Waals surface area contributed by atoms with Crippen LogP contribution in [0.25, 0.3) is 0 Å². The van der Waals surface area contributed by atoms with Crippen LogP contribution in [-0.4, -0.2) is 17.4 Å². The van der Waals surface area contributed by atoms with E-state index >= 15 is 0 Å². The molecular formula is C12H21N3OS. The van der Waals surface area contributed by atoms with E-state index in [9.17, 15) is 4.79 Å². The number of nitrogens with one attached hydrogen (secondary N) is 1. The number of amides is 1. The van der Waals surface area contributed by atoms with Crippen molar-refractivity contribution in [3.63, 3.8) is 0 Å². The largest absolute Gasteiger partial charge is 0.347 e. The first-order valence-electron chi connectivity index (χ1n) is 5.86. The molecule has 0 aliphatic carbocycles.